The minimum atomic E-state index is -3.18. The lowest BCUT2D eigenvalue weighted by atomic mass is 10.00. The van der Waals surface area contributed by atoms with Crippen LogP contribution in [0.3, 0.4) is 0 Å². The molecule has 0 atom stereocenters. The lowest BCUT2D eigenvalue weighted by Gasteiger charge is -2.32. The van der Waals surface area contributed by atoms with E-state index in [1.165, 1.54) is 6.08 Å². The Hall–Kier alpha value is -2.06. The van der Waals surface area contributed by atoms with Gasteiger partial charge in [0.05, 0.1) is 6.54 Å². The van der Waals surface area contributed by atoms with Gasteiger partial charge in [-0.15, -0.1) is 0 Å². The van der Waals surface area contributed by atoms with E-state index >= 15 is 0 Å². The minimum Gasteiger partial charge on any atom is -0.465 e. The SMILES string of the molecule is O=C(O)N1CC/C(=C\C#Cc2cccc(Cl)c2)C(F)(F)C1. The number of carboxylic acid groups (broad SMARTS) is 1. The predicted molar refractivity (Wildman–Crippen MR) is 75.6 cm³/mol. The fraction of sp³-hybridized carbons (Fsp3) is 0.267. The maximum absolute atomic E-state index is 13.8. The summed E-state index contributed by atoms with van der Waals surface area (Å²) in [6, 6.07) is 6.78. The average molecular weight is 312 g/mol. The van der Waals surface area contributed by atoms with Crippen molar-refractivity contribution >= 4 is 17.7 Å². The number of allylic oxidation sites excluding steroid dienone is 1. The van der Waals surface area contributed by atoms with E-state index in [0.29, 0.717) is 15.5 Å². The summed E-state index contributed by atoms with van der Waals surface area (Å²) in [5.41, 5.74) is 0.486. The van der Waals surface area contributed by atoms with Gasteiger partial charge in [0, 0.05) is 22.7 Å². The van der Waals surface area contributed by atoms with E-state index in [1.54, 1.807) is 24.3 Å². The Labute approximate surface area is 125 Å². The third kappa shape index (κ3) is 3.96. The van der Waals surface area contributed by atoms with Gasteiger partial charge in [-0.25, -0.2) is 4.79 Å². The fourth-order valence-electron chi connectivity index (χ4n) is 1.97. The largest absolute Gasteiger partial charge is 0.465 e. The summed E-state index contributed by atoms with van der Waals surface area (Å²) in [6.07, 6.45) is -0.192. The molecule has 1 aromatic rings. The van der Waals surface area contributed by atoms with Crippen LogP contribution in [0.5, 0.6) is 0 Å². The average Bonchev–Trinajstić information content (AvgIpc) is 2.40. The molecule has 0 saturated carbocycles. The molecule has 1 aliphatic rings. The third-order valence-corrected chi connectivity index (χ3v) is 3.30. The predicted octanol–water partition coefficient (Wildman–Crippen LogP) is 3.64. The van der Waals surface area contributed by atoms with Crippen LogP contribution >= 0.6 is 11.6 Å². The smallest absolute Gasteiger partial charge is 0.407 e. The van der Waals surface area contributed by atoms with Gasteiger partial charge in [-0.05, 0) is 30.7 Å². The zero-order valence-electron chi connectivity index (χ0n) is 10.9. The lowest BCUT2D eigenvalue weighted by Crippen LogP contribution is -2.46. The molecule has 1 saturated heterocycles. The summed E-state index contributed by atoms with van der Waals surface area (Å²) in [4.78, 5) is 11.4. The second-order valence-corrected chi connectivity index (χ2v) is 5.04. The van der Waals surface area contributed by atoms with Gasteiger partial charge in [0.2, 0.25) is 0 Å². The Bertz CT molecular complexity index is 647. The number of rotatable bonds is 0. The van der Waals surface area contributed by atoms with Crippen LogP contribution in [0, 0.1) is 11.8 Å². The molecule has 1 amide bonds. The lowest BCUT2D eigenvalue weighted by molar-refractivity contribution is -0.0138. The Balaban J connectivity index is 2.14. The molecule has 1 aromatic carbocycles. The molecule has 0 bridgehead atoms. The number of nitrogens with zero attached hydrogens (tertiary/aromatic N) is 1. The van der Waals surface area contributed by atoms with Crippen LogP contribution in [0.2, 0.25) is 5.02 Å². The molecule has 3 nitrogen and oxygen atoms in total. The van der Waals surface area contributed by atoms with Crippen LogP contribution in [0.25, 0.3) is 0 Å². The van der Waals surface area contributed by atoms with Crippen molar-refractivity contribution in [3.63, 3.8) is 0 Å². The summed E-state index contributed by atoms with van der Waals surface area (Å²) in [7, 11) is 0. The van der Waals surface area contributed by atoms with E-state index in [1.807, 2.05) is 0 Å². The summed E-state index contributed by atoms with van der Waals surface area (Å²) in [5, 5.41) is 9.26. The summed E-state index contributed by atoms with van der Waals surface area (Å²) in [5.74, 6) is 2.13. The minimum absolute atomic E-state index is 0.0243. The molecule has 0 radical (unpaired) electrons. The maximum Gasteiger partial charge on any atom is 0.407 e. The fourth-order valence-corrected chi connectivity index (χ4v) is 2.16. The zero-order chi connectivity index (χ0) is 15.5. The van der Waals surface area contributed by atoms with Crippen LogP contribution in [0.4, 0.5) is 13.6 Å². The topological polar surface area (TPSA) is 40.5 Å². The molecule has 0 spiro atoms. The van der Waals surface area contributed by atoms with Gasteiger partial charge in [0.1, 0.15) is 0 Å². The second-order valence-electron chi connectivity index (χ2n) is 4.61. The highest BCUT2D eigenvalue weighted by Crippen LogP contribution is 2.32. The van der Waals surface area contributed by atoms with Crippen molar-refractivity contribution in [1.29, 1.82) is 0 Å². The highest BCUT2D eigenvalue weighted by atomic mass is 35.5. The van der Waals surface area contributed by atoms with Crippen LogP contribution in [0.15, 0.2) is 35.9 Å². The van der Waals surface area contributed by atoms with Crippen molar-refractivity contribution < 1.29 is 18.7 Å². The molecule has 110 valence electrons. The molecule has 21 heavy (non-hydrogen) atoms. The number of carbonyl (C=O) groups is 1. The summed E-state index contributed by atoms with van der Waals surface area (Å²) < 4.78 is 27.6. The number of alkyl halides is 2. The van der Waals surface area contributed by atoms with E-state index in [0.717, 1.165) is 0 Å². The summed E-state index contributed by atoms with van der Waals surface area (Å²) in [6.45, 7) is -0.775. The normalized spacial score (nSPS) is 19.0. The van der Waals surface area contributed by atoms with Crippen LogP contribution < -0.4 is 0 Å². The molecule has 1 heterocycles. The maximum atomic E-state index is 13.8. The zero-order valence-corrected chi connectivity index (χ0v) is 11.7. The van der Waals surface area contributed by atoms with Crippen LogP contribution in [-0.2, 0) is 0 Å². The molecule has 2 rings (SSSR count). The molecule has 1 N–H and O–H groups in total. The number of likely N-dealkylation sites (tertiary alicyclic amines) is 1. The standard InChI is InChI=1S/C15H12ClF2NO2/c16-13-6-2-4-11(9-13)3-1-5-12-7-8-19(14(20)21)10-15(12,17)18/h2,4-6,9H,7-8,10H2,(H,20,21)/b12-5+. The first kappa shape index (κ1) is 15.3. The van der Waals surface area contributed by atoms with Gasteiger partial charge in [0.15, 0.2) is 0 Å². The molecule has 0 aromatic heterocycles. The van der Waals surface area contributed by atoms with Gasteiger partial charge >= 0.3 is 6.09 Å². The van der Waals surface area contributed by atoms with Crippen LogP contribution in [0.1, 0.15) is 12.0 Å². The van der Waals surface area contributed by atoms with E-state index in [4.69, 9.17) is 16.7 Å². The molecule has 1 fully saturated rings. The van der Waals surface area contributed by atoms with Crippen molar-refractivity contribution in [2.75, 3.05) is 13.1 Å². The monoisotopic (exact) mass is 311 g/mol. The van der Waals surface area contributed by atoms with E-state index in [2.05, 4.69) is 11.8 Å². The molecule has 1 aliphatic heterocycles. The van der Waals surface area contributed by atoms with Gasteiger partial charge < -0.3 is 10.0 Å². The number of hydrogen-bond acceptors (Lipinski definition) is 1. The quantitative estimate of drug-likeness (QED) is 0.743. The Kier molecular flexibility index (Phi) is 4.49. The van der Waals surface area contributed by atoms with Crippen molar-refractivity contribution in [3.05, 3.63) is 46.5 Å². The van der Waals surface area contributed by atoms with Gasteiger partial charge in [-0.1, -0.05) is 29.5 Å². The van der Waals surface area contributed by atoms with Crippen LogP contribution in [-0.4, -0.2) is 35.1 Å². The van der Waals surface area contributed by atoms with Crippen molar-refractivity contribution in [2.24, 2.45) is 0 Å². The number of halogens is 3. The first-order valence-corrected chi connectivity index (χ1v) is 6.58. The van der Waals surface area contributed by atoms with Crippen molar-refractivity contribution in [2.45, 2.75) is 12.3 Å². The van der Waals surface area contributed by atoms with E-state index < -0.39 is 18.6 Å². The van der Waals surface area contributed by atoms with Gasteiger partial charge in [0.25, 0.3) is 5.92 Å². The number of amides is 1. The Morgan fingerprint density at radius 3 is 2.86 bits per heavy atom. The molecule has 0 aliphatic carbocycles. The summed E-state index contributed by atoms with van der Waals surface area (Å²) >= 11 is 5.80. The first-order valence-electron chi connectivity index (χ1n) is 6.21. The van der Waals surface area contributed by atoms with Gasteiger partial charge in [-0.2, -0.15) is 8.78 Å². The van der Waals surface area contributed by atoms with Crippen molar-refractivity contribution in [3.8, 4) is 11.8 Å². The van der Waals surface area contributed by atoms with E-state index in [-0.39, 0.29) is 18.5 Å². The highest BCUT2D eigenvalue weighted by Gasteiger charge is 2.41. The van der Waals surface area contributed by atoms with Crippen molar-refractivity contribution in [1.82, 2.24) is 4.90 Å². The van der Waals surface area contributed by atoms with E-state index in [9.17, 15) is 13.6 Å². The molecular weight excluding hydrogens is 300 g/mol. The Morgan fingerprint density at radius 2 is 2.24 bits per heavy atom. The highest BCUT2D eigenvalue weighted by molar-refractivity contribution is 6.30. The number of piperidine rings is 1. The first-order chi connectivity index (χ1) is 9.88. The number of benzene rings is 1. The molecule has 0 unspecified atom stereocenters. The van der Waals surface area contributed by atoms with Gasteiger partial charge in [-0.3, -0.25) is 0 Å². The second kappa shape index (κ2) is 6.15. The molecular formula is C15H12ClF2NO2. The number of hydrogen-bond donors (Lipinski definition) is 1. The molecule has 6 heteroatoms. The Morgan fingerprint density at radius 1 is 1.48 bits per heavy atom. The third-order valence-electron chi connectivity index (χ3n) is 3.07.